The highest BCUT2D eigenvalue weighted by molar-refractivity contribution is 4.81. The number of allylic oxidation sites excluding steroid dienone is 2. The van der Waals surface area contributed by atoms with Gasteiger partial charge in [-0.1, -0.05) is 83.3 Å². The number of hydrogen-bond donors (Lipinski definition) is 2. The van der Waals surface area contributed by atoms with Gasteiger partial charge in [0, 0.05) is 6.54 Å². The molecule has 0 fully saturated rings. The molecule has 1 atom stereocenters. The molecule has 2 heteroatoms. The fourth-order valence-electron chi connectivity index (χ4n) is 2.75. The first-order valence-electron chi connectivity index (χ1n) is 9.84. The van der Waals surface area contributed by atoms with Crippen LogP contribution in [0, 0.1) is 0 Å². The van der Waals surface area contributed by atoms with E-state index in [4.69, 9.17) is 5.73 Å². The Morgan fingerprint density at radius 2 is 1.18 bits per heavy atom. The molecule has 0 heterocycles. The van der Waals surface area contributed by atoms with Crippen LogP contribution in [0.3, 0.4) is 0 Å². The van der Waals surface area contributed by atoms with Crippen LogP contribution in [-0.2, 0) is 0 Å². The third kappa shape index (κ3) is 17.7. The molecule has 0 rings (SSSR count). The molecule has 0 amide bonds. The van der Waals surface area contributed by atoms with E-state index < -0.39 is 0 Å². The SMILES string of the molecule is CCCCCCCC/C=C\CCCCCCCCC(O)CN. The van der Waals surface area contributed by atoms with Gasteiger partial charge in [0.2, 0.25) is 0 Å². The number of aliphatic hydroxyl groups is 1. The molecule has 0 saturated carbocycles. The van der Waals surface area contributed by atoms with E-state index in [0.29, 0.717) is 6.54 Å². The Labute approximate surface area is 139 Å². The second-order valence-electron chi connectivity index (χ2n) is 6.62. The summed E-state index contributed by atoms with van der Waals surface area (Å²) in [7, 11) is 0. The molecule has 0 radical (unpaired) electrons. The molecule has 1 unspecified atom stereocenters. The Morgan fingerprint density at radius 3 is 1.68 bits per heavy atom. The van der Waals surface area contributed by atoms with Crippen LogP contribution in [0.15, 0.2) is 12.2 Å². The molecule has 0 aliphatic heterocycles. The van der Waals surface area contributed by atoms with E-state index in [1.165, 1.54) is 83.5 Å². The minimum Gasteiger partial charge on any atom is -0.392 e. The minimum atomic E-state index is -0.281. The van der Waals surface area contributed by atoms with Gasteiger partial charge in [-0.2, -0.15) is 0 Å². The lowest BCUT2D eigenvalue weighted by Crippen LogP contribution is -2.19. The van der Waals surface area contributed by atoms with Gasteiger partial charge < -0.3 is 10.8 Å². The Balaban J connectivity index is 3.08. The van der Waals surface area contributed by atoms with Gasteiger partial charge in [0.15, 0.2) is 0 Å². The predicted molar refractivity (Wildman–Crippen MR) is 99.1 cm³/mol. The maximum atomic E-state index is 9.34. The first-order valence-corrected chi connectivity index (χ1v) is 9.84. The molecular weight excluding hydrogens is 270 g/mol. The van der Waals surface area contributed by atoms with Crippen molar-refractivity contribution in [2.24, 2.45) is 5.73 Å². The van der Waals surface area contributed by atoms with Crippen LogP contribution >= 0.6 is 0 Å². The smallest absolute Gasteiger partial charge is 0.0662 e. The Morgan fingerprint density at radius 1 is 0.727 bits per heavy atom. The second kappa shape index (κ2) is 18.7. The van der Waals surface area contributed by atoms with E-state index in [9.17, 15) is 5.11 Å². The first-order chi connectivity index (χ1) is 10.8. The van der Waals surface area contributed by atoms with Crippen LogP contribution in [0.4, 0.5) is 0 Å². The van der Waals surface area contributed by atoms with Gasteiger partial charge in [-0.15, -0.1) is 0 Å². The summed E-state index contributed by atoms with van der Waals surface area (Å²) >= 11 is 0. The van der Waals surface area contributed by atoms with Crippen molar-refractivity contribution in [3.8, 4) is 0 Å². The molecule has 0 saturated heterocycles. The van der Waals surface area contributed by atoms with Gasteiger partial charge >= 0.3 is 0 Å². The molecule has 0 aromatic carbocycles. The maximum absolute atomic E-state index is 9.34. The van der Waals surface area contributed by atoms with Gasteiger partial charge in [0.25, 0.3) is 0 Å². The van der Waals surface area contributed by atoms with Crippen molar-refractivity contribution in [1.82, 2.24) is 0 Å². The molecule has 0 aromatic rings. The van der Waals surface area contributed by atoms with E-state index in [2.05, 4.69) is 19.1 Å². The molecule has 0 bridgehead atoms. The summed E-state index contributed by atoms with van der Waals surface area (Å²) in [5, 5.41) is 9.34. The lowest BCUT2D eigenvalue weighted by Gasteiger charge is -2.06. The zero-order valence-corrected chi connectivity index (χ0v) is 15.1. The van der Waals surface area contributed by atoms with Crippen LogP contribution in [0.1, 0.15) is 103 Å². The maximum Gasteiger partial charge on any atom is 0.0662 e. The number of nitrogens with two attached hydrogens (primary N) is 1. The third-order valence-corrected chi connectivity index (χ3v) is 4.32. The van der Waals surface area contributed by atoms with E-state index in [1.807, 2.05) is 0 Å². The van der Waals surface area contributed by atoms with E-state index >= 15 is 0 Å². The molecule has 0 aromatic heterocycles. The van der Waals surface area contributed by atoms with Gasteiger partial charge in [0.05, 0.1) is 6.10 Å². The molecule has 0 aliphatic rings. The Bertz CT molecular complexity index is 228. The van der Waals surface area contributed by atoms with Crippen LogP contribution in [0.5, 0.6) is 0 Å². The lowest BCUT2D eigenvalue weighted by atomic mass is 10.1. The topological polar surface area (TPSA) is 46.2 Å². The molecule has 0 aliphatic carbocycles. The second-order valence-corrected chi connectivity index (χ2v) is 6.62. The number of unbranched alkanes of at least 4 members (excludes halogenated alkanes) is 12. The summed E-state index contributed by atoms with van der Waals surface area (Å²) in [5.74, 6) is 0. The first kappa shape index (κ1) is 21.7. The van der Waals surface area contributed by atoms with Crippen molar-refractivity contribution < 1.29 is 5.11 Å². The van der Waals surface area contributed by atoms with Crippen LogP contribution in [0.2, 0.25) is 0 Å². The van der Waals surface area contributed by atoms with Gasteiger partial charge in [-0.05, 0) is 32.1 Å². The van der Waals surface area contributed by atoms with E-state index in [1.54, 1.807) is 0 Å². The molecular formula is C20H41NO. The number of aliphatic hydroxyl groups excluding tert-OH is 1. The van der Waals surface area contributed by atoms with Gasteiger partial charge in [-0.3, -0.25) is 0 Å². The third-order valence-electron chi connectivity index (χ3n) is 4.32. The minimum absolute atomic E-state index is 0.281. The number of hydrogen-bond acceptors (Lipinski definition) is 2. The van der Waals surface area contributed by atoms with Gasteiger partial charge in [0.1, 0.15) is 0 Å². The highest BCUT2D eigenvalue weighted by Crippen LogP contribution is 2.11. The summed E-state index contributed by atoms with van der Waals surface area (Å²) in [5.41, 5.74) is 5.38. The Hall–Kier alpha value is -0.340. The summed E-state index contributed by atoms with van der Waals surface area (Å²) in [6.45, 7) is 2.68. The zero-order chi connectivity index (χ0) is 16.3. The van der Waals surface area contributed by atoms with E-state index in [0.717, 1.165) is 12.8 Å². The van der Waals surface area contributed by atoms with Crippen LogP contribution < -0.4 is 5.73 Å². The molecule has 3 N–H and O–H groups in total. The van der Waals surface area contributed by atoms with E-state index in [-0.39, 0.29) is 6.10 Å². The zero-order valence-electron chi connectivity index (χ0n) is 15.1. The summed E-state index contributed by atoms with van der Waals surface area (Å²) in [6, 6.07) is 0. The fourth-order valence-corrected chi connectivity index (χ4v) is 2.75. The van der Waals surface area contributed by atoms with Crippen molar-refractivity contribution in [3.05, 3.63) is 12.2 Å². The monoisotopic (exact) mass is 311 g/mol. The lowest BCUT2D eigenvalue weighted by molar-refractivity contribution is 0.168. The van der Waals surface area contributed by atoms with Crippen molar-refractivity contribution in [1.29, 1.82) is 0 Å². The van der Waals surface area contributed by atoms with Crippen LogP contribution in [0.25, 0.3) is 0 Å². The van der Waals surface area contributed by atoms with Gasteiger partial charge in [-0.25, -0.2) is 0 Å². The summed E-state index contributed by atoms with van der Waals surface area (Å²) in [6.07, 6.45) is 23.9. The highest BCUT2D eigenvalue weighted by atomic mass is 16.3. The van der Waals surface area contributed by atoms with Crippen LogP contribution in [-0.4, -0.2) is 17.8 Å². The molecule has 0 spiro atoms. The highest BCUT2D eigenvalue weighted by Gasteiger charge is 1.99. The summed E-state index contributed by atoms with van der Waals surface area (Å²) in [4.78, 5) is 0. The van der Waals surface area contributed by atoms with Crippen molar-refractivity contribution in [2.75, 3.05) is 6.54 Å². The van der Waals surface area contributed by atoms with Crippen molar-refractivity contribution in [2.45, 2.75) is 109 Å². The largest absolute Gasteiger partial charge is 0.392 e. The molecule has 22 heavy (non-hydrogen) atoms. The average molecular weight is 312 g/mol. The number of rotatable bonds is 17. The average Bonchev–Trinajstić information content (AvgIpc) is 2.54. The fraction of sp³-hybridized carbons (Fsp3) is 0.900. The quantitative estimate of drug-likeness (QED) is 0.266. The summed E-state index contributed by atoms with van der Waals surface area (Å²) < 4.78 is 0. The Kier molecular flexibility index (Phi) is 18.4. The predicted octanol–water partition coefficient (Wildman–Crippen LogP) is 5.73. The molecule has 132 valence electrons. The van der Waals surface area contributed by atoms with Crippen molar-refractivity contribution >= 4 is 0 Å². The normalized spacial score (nSPS) is 13.0. The van der Waals surface area contributed by atoms with Crippen molar-refractivity contribution in [3.63, 3.8) is 0 Å². The molecule has 2 nitrogen and oxygen atoms in total. The standard InChI is InChI=1S/C20H41NO/c1-2-3-4-5-6-7-8-9-10-11-12-13-14-15-16-17-18-20(22)19-21/h9-10,20,22H,2-8,11-19,21H2,1H3/b10-9-.